The van der Waals surface area contributed by atoms with Gasteiger partial charge in [0.25, 0.3) is 0 Å². The summed E-state index contributed by atoms with van der Waals surface area (Å²) in [7, 11) is 1.65. The van der Waals surface area contributed by atoms with Crippen LogP contribution in [0.5, 0.6) is 0 Å². The lowest BCUT2D eigenvalue weighted by atomic mass is 9.97. The molecule has 0 aromatic rings. The molecule has 1 aliphatic rings. The summed E-state index contributed by atoms with van der Waals surface area (Å²) in [5.74, 6) is 0. The molecule has 1 saturated carbocycles. The van der Waals surface area contributed by atoms with Gasteiger partial charge in [-0.05, 0) is 33.6 Å². The van der Waals surface area contributed by atoms with Crippen molar-refractivity contribution in [2.24, 2.45) is 0 Å². The zero-order valence-corrected chi connectivity index (χ0v) is 15.5. The quantitative estimate of drug-likeness (QED) is 0.776. The highest BCUT2D eigenvalue weighted by atomic mass is 16.6. The van der Waals surface area contributed by atoms with E-state index in [0.29, 0.717) is 25.7 Å². The third-order valence-electron chi connectivity index (χ3n) is 4.14. The maximum absolute atomic E-state index is 12.3. The molecule has 0 bridgehead atoms. The van der Waals surface area contributed by atoms with E-state index in [1.165, 1.54) is 44.9 Å². The number of hydrogen-bond donors (Lipinski definition) is 1. The minimum absolute atomic E-state index is 0.256. The van der Waals surface area contributed by atoms with Gasteiger partial charge in [-0.3, -0.25) is 0 Å². The highest BCUT2D eigenvalue weighted by molar-refractivity contribution is 5.68. The van der Waals surface area contributed by atoms with Gasteiger partial charge < -0.3 is 19.7 Å². The molecule has 0 aromatic heterocycles. The molecule has 1 fully saturated rings. The predicted octanol–water partition coefficient (Wildman–Crippen LogP) is 3.57. The van der Waals surface area contributed by atoms with Crippen molar-refractivity contribution in [1.29, 1.82) is 0 Å². The molecule has 0 spiro atoms. The van der Waals surface area contributed by atoms with E-state index < -0.39 is 5.60 Å². The first kappa shape index (κ1) is 20.2. The standard InChI is InChI=1S/C18H36N2O3/c1-18(2,3)23-17(21)20(14-15-22-4)13-12-19-16-10-8-6-5-7-9-11-16/h16,19H,5-15H2,1-4H3. The van der Waals surface area contributed by atoms with Crippen LogP contribution in [0.1, 0.15) is 65.7 Å². The van der Waals surface area contributed by atoms with Gasteiger partial charge in [0.1, 0.15) is 5.60 Å². The van der Waals surface area contributed by atoms with Crippen LogP contribution < -0.4 is 5.32 Å². The van der Waals surface area contributed by atoms with E-state index in [1.54, 1.807) is 12.0 Å². The van der Waals surface area contributed by atoms with Crippen molar-refractivity contribution in [2.45, 2.75) is 77.4 Å². The Labute approximate surface area is 142 Å². The van der Waals surface area contributed by atoms with Gasteiger partial charge in [-0.1, -0.05) is 32.1 Å². The van der Waals surface area contributed by atoms with Crippen LogP contribution in [-0.2, 0) is 9.47 Å². The Morgan fingerprint density at radius 2 is 1.70 bits per heavy atom. The molecule has 1 N–H and O–H groups in total. The molecule has 136 valence electrons. The Morgan fingerprint density at radius 1 is 1.09 bits per heavy atom. The fourth-order valence-electron chi connectivity index (χ4n) is 2.89. The third kappa shape index (κ3) is 9.82. The number of carbonyl (C=O) groups excluding carboxylic acids is 1. The second-order valence-corrected chi connectivity index (χ2v) is 7.46. The van der Waals surface area contributed by atoms with Gasteiger partial charge in [-0.2, -0.15) is 0 Å². The van der Waals surface area contributed by atoms with Crippen LogP contribution in [-0.4, -0.2) is 56.0 Å². The monoisotopic (exact) mass is 328 g/mol. The topological polar surface area (TPSA) is 50.8 Å². The van der Waals surface area contributed by atoms with Gasteiger partial charge in [-0.25, -0.2) is 4.79 Å². The fourth-order valence-corrected chi connectivity index (χ4v) is 2.89. The first-order valence-corrected chi connectivity index (χ1v) is 9.12. The summed E-state index contributed by atoms with van der Waals surface area (Å²) >= 11 is 0. The van der Waals surface area contributed by atoms with E-state index in [1.807, 2.05) is 20.8 Å². The number of methoxy groups -OCH3 is 1. The molecule has 1 amide bonds. The lowest BCUT2D eigenvalue weighted by Gasteiger charge is -2.28. The Bertz CT molecular complexity index is 321. The zero-order valence-electron chi connectivity index (χ0n) is 15.5. The molecule has 23 heavy (non-hydrogen) atoms. The summed E-state index contributed by atoms with van der Waals surface area (Å²) in [6.45, 7) is 8.26. The van der Waals surface area contributed by atoms with E-state index in [9.17, 15) is 4.79 Å². The van der Waals surface area contributed by atoms with Crippen molar-refractivity contribution in [3.05, 3.63) is 0 Å². The molecule has 5 nitrogen and oxygen atoms in total. The minimum atomic E-state index is -0.463. The minimum Gasteiger partial charge on any atom is -0.444 e. The summed E-state index contributed by atoms with van der Waals surface area (Å²) in [5.41, 5.74) is -0.463. The highest BCUT2D eigenvalue weighted by Gasteiger charge is 2.22. The lowest BCUT2D eigenvalue weighted by Crippen LogP contribution is -2.43. The number of amides is 1. The zero-order chi connectivity index (χ0) is 17.1. The van der Waals surface area contributed by atoms with Crippen molar-refractivity contribution in [1.82, 2.24) is 10.2 Å². The van der Waals surface area contributed by atoms with E-state index in [4.69, 9.17) is 9.47 Å². The van der Waals surface area contributed by atoms with E-state index in [2.05, 4.69) is 5.32 Å². The highest BCUT2D eigenvalue weighted by Crippen LogP contribution is 2.17. The number of ether oxygens (including phenoxy) is 2. The summed E-state index contributed by atoms with van der Waals surface area (Å²) in [6, 6.07) is 0.596. The maximum Gasteiger partial charge on any atom is 0.410 e. The Morgan fingerprint density at radius 3 is 2.26 bits per heavy atom. The first-order chi connectivity index (χ1) is 10.9. The fraction of sp³-hybridized carbons (Fsp3) is 0.944. The smallest absolute Gasteiger partial charge is 0.410 e. The molecular weight excluding hydrogens is 292 g/mol. The van der Waals surface area contributed by atoms with Gasteiger partial charge >= 0.3 is 6.09 Å². The Kier molecular flexibility index (Phi) is 9.56. The molecule has 0 saturated heterocycles. The van der Waals surface area contributed by atoms with Gasteiger partial charge in [0, 0.05) is 32.8 Å². The SMILES string of the molecule is COCCN(CCNC1CCCCCCC1)C(=O)OC(C)(C)C. The van der Waals surface area contributed by atoms with Crippen LogP contribution in [0.2, 0.25) is 0 Å². The molecule has 5 heteroatoms. The molecular formula is C18H36N2O3. The molecule has 0 aromatic carbocycles. The van der Waals surface area contributed by atoms with Crippen molar-refractivity contribution >= 4 is 6.09 Å². The van der Waals surface area contributed by atoms with Crippen LogP contribution in [0.3, 0.4) is 0 Å². The number of rotatable bonds is 7. The van der Waals surface area contributed by atoms with Crippen LogP contribution in [0.25, 0.3) is 0 Å². The van der Waals surface area contributed by atoms with Gasteiger partial charge in [-0.15, -0.1) is 0 Å². The normalized spacial score (nSPS) is 17.4. The lowest BCUT2D eigenvalue weighted by molar-refractivity contribution is 0.0202. The Balaban J connectivity index is 2.38. The second-order valence-electron chi connectivity index (χ2n) is 7.46. The summed E-state index contributed by atoms with van der Waals surface area (Å²) in [6.07, 6.45) is 8.99. The summed E-state index contributed by atoms with van der Waals surface area (Å²) in [5, 5.41) is 3.62. The third-order valence-corrected chi connectivity index (χ3v) is 4.14. The number of hydrogen-bond acceptors (Lipinski definition) is 4. The van der Waals surface area contributed by atoms with Crippen LogP contribution in [0.15, 0.2) is 0 Å². The first-order valence-electron chi connectivity index (χ1n) is 9.12. The van der Waals surface area contributed by atoms with Gasteiger partial charge in [0.15, 0.2) is 0 Å². The molecule has 0 unspecified atom stereocenters. The Hall–Kier alpha value is -0.810. The number of nitrogens with zero attached hydrogens (tertiary/aromatic N) is 1. The maximum atomic E-state index is 12.3. The van der Waals surface area contributed by atoms with Crippen molar-refractivity contribution < 1.29 is 14.3 Å². The van der Waals surface area contributed by atoms with Gasteiger partial charge in [0.2, 0.25) is 0 Å². The summed E-state index contributed by atoms with van der Waals surface area (Å²) in [4.78, 5) is 14.0. The average molecular weight is 328 g/mol. The van der Waals surface area contributed by atoms with Crippen molar-refractivity contribution in [3.8, 4) is 0 Å². The van der Waals surface area contributed by atoms with Crippen LogP contribution in [0, 0.1) is 0 Å². The molecule has 0 atom stereocenters. The van der Waals surface area contributed by atoms with Crippen molar-refractivity contribution in [2.75, 3.05) is 33.4 Å². The van der Waals surface area contributed by atoms with Gasteiger partial charge in [0.05, 0.1) is 6.61 Å². The molecule has 0 aliphatic heterocycles. The predicted molar refractivity (Wildman–Crippen MR) is 93.8 cm³/mol. The van der Waals surface area contributed by atoms with Crippen LogP contribution >= 0.6 is 0 Å². The number of nitrogens with one attached hydrogen (secondary N) is 1. The molecule has 0 radical (unpaired) electrons. The average Bonchev–Trinajstić information content (AvgIpc) is 2.42. The van der Waals surface area contributed by atoms with Crippen molar-refractivity contribution in [3.63, 3.8) is 0 Å². The van der Waals surface area contributed by atoms with E-state index in [0.717, 1.165) is 6.54 Å². The largest absolute Gasteiger partial charge is 0.444 e. The molecule has 1 aliphatic carbocycles. The number of carbonyl (C=O) groups is 1. The van der Waals surface area contributed by atoms with E-state index >= 15 is 0 Å². The second kappa shape index (κ2) is 10.9. The van der Waals surface area contributed by atoms with E-state index in [-0.39, 0.29) is 6.09 Å². The molecule has 0 heterocycles. The summed E-state index contributed by atoms with van der Waals surface area (Å²) < 4.78 is 10.6. The van der Waals surface area contributed by atoms with Crippen LogP contribution in [0.4, 0.5) is 4.79 Å². The molecule has 1 rings (SSSR count).